The topological polar surface area (TPSA) is 37.3 Å². The number of rotatable bonds is 3. The summed E-state index contributed by atoms with van der Waals surface area (Å²) in [6.45, 7) is 6.82. The van der Waals surface area contributed by atoms with Gasteiger partial charge in [0.1, 0.15) is 5.78 Å². The van der Waals surface area contributed by atoms with Gasteiger partial charge in [-0.05, 0) is 98.9 Å². The van der Waals surface area contributed by atoms with Crippen molar-refractivity contribution in [1.29, 1.82) is 0 Å². The van der Waals surface area contributed by atoms with Crippen LogP contribution in [-0.2, 0) is 11.2 Å². The summed E-state index contributed by atoms with van der Waals surface area (Å²) in [5, 5.41) is 10.2. The van der Waals surface area contributed by atoms with E-state index in [9.17, 15) is 9.90 Å². The summed E-state index contributed by atoms with van der Waals surface area (Å²) in [5.41, 5.74) is 3.01. The van der Waals surface area contributed by atoms with Crippen LogP contribution in [0, 0.1) is 34.0 Å². The van der Waals surface area contributed by atoms with Crippen LogP contribution < -0.4 is 0 Å². The lowest BCUT2D eigenvalue weighted by Crippen LogP contribution is -2.54. The number of hydrogen-bond acceptors (Lipinski definition) is 2. The Kier molecular flexibility index (Phi) is 4.82. The van der Waals surface area contributed by atoms with E-state index in [1.165, 1.54) is 30.4 Å². The van der Waals surface area contributed by atoms with E-state index in [-0.39, 0.29) is 22.3 Å². The first-order valence-electron chi connectivity index (χ1n) is 12.2. The van der Waals surface area contributed by atoms with Crippen molar-refractivity contribution in [2.75, 3.05) is 0 Å². The van der Waals surface area contributed by atoms with Crippen molar-refractivity contribution in [3.8, 4) is 0 Å². The van der Waals surface area contributed by atoms with Gasteiger partial charge in [-0.25, -0.2) is 0 Å². The molecule has 0 saturated heterocycles. The number of carbonyl (C=O) groups excluding carboxylic acids is 1. The van der Waals surface area contributed by atoms with Crippen LogP contribution >= 0.6 is 0 Å². The molecule has 30 heavy (non-hydrogen) atoms. The highest BCUT2D eigenvalue weighted by molar-refractivity contribution is 5.84. The molecule has 2 heteroatoms. The quantitative estimate of drug-likeness (QED) is 0.613. The molecule has 4 unspecified atom stereocenters. The Bertz CT molecular complexity index is 857. The number of aliphatic hydroxyl groups excluding tert-OH is 1. The van der Waals surface area contributed by atoms with E-state index in [0.717, 1.165) is 44.4 Å². The molecule has 0 spiro atoms. The van der Waals surface area contributed by atoms with Crippen LogP contribution in [0.15, 0.2) is 42.0 Å². The van der Waals surface area contributed by atoms with Gasteiger partial charge >= 0.3 is 0 Å². The van der Waals surface area contributed by atoms with Crippen molar-refractivity contribution in [3.05, 3.63) is 47.5 Å². The van der Waals surface area contributed by atoms with Gasteiger partial charge < -0.3 is 5.11 Å². The van der Waals surface area contributed by atoms with E-state index in [4.69, 9.17) is 0 Å². The highest BCUT2D eigenvalue weighted by atomic mass is 16.3. The van der Waals surface area contributed by atoms with Crippen molar-refractivity contribution in [1.82, 2.24) is 0 Å². The maximum Gasteiger partial charge on any atom is 0.136 e. The second-order valence-electron chi connectivity index (χ2n) is 11.5. The maximum atomic E-state index is 13.3. The van der Waals surface area contributed by atoms with Crippen LogP contribution in [-0.4, -0.2) is 17.0 Å². The molecule has 4 aliphatic carbocycles. The number of ketones is 1. The summed E-state index contributed by atoms with van der Waals surface area (Å²) in [6.07, 6.45) is 12.0. The predicted molar refractivity (Wildman–Crippen MR) is 121 cm³/mol. The molecule has 7 atom stereocenters. The summed E-state index contributed by atoms with van der Waals surface area (Å²) in [5.74, 6) is 2.48. The highest BCUT2D eigenvalue weighted by Crippen LogP contribution is 2.70. The molecule has 0 aromatic heterocycles. The van der Waals surface area contributed by atoms with Gasteiger partial charge in [0, 0.05) is 5.41 Å². The number of aliphatic hydroxyl groups is 1. The Morgan fingerprint density at radius 2 is 1.77 bits per heavy atom. The molecule has 0 heterocycles. The molecule has 0 radical (unpaired) electrons. The minimum Gasteiger partial charge on any atom is -0.393 e. The summed E-state index contributed by atoms with van der Waals surface area (Å²) in [6, 6.07) is 10.7. The van der Waals surface area contributed by atoms with E-state index >= 15 is 0 Å². The Morgan fingerprint density at radius 3 is 2.50 bits per heavy atom. The second-order valence-corrected chi connectivity index (χ2v) is 11.5. The van der Waals surface area contributed by atoms with Crippen LogP contribution in [0.3, 0.4) is 0 Å². The zero-order chi connectivity index (χ0) is 21.1. The number of hydrogen-bond donors (Lipinski definition) is 1. The molecular formula is C28H38O2. The third-order valence-electron chi connectivity index (χ3n) is 10.5. The van der Waals surface area contributed by atoms with Crippen LogP contribution in [0.4, 0.5) is 0 Å². The van der Waals surface area contributed by atoms with Crippen molar-refractivity contribution >= 4 is 5.78 Å². The minimum atomic E-state index is -0.211. The van der Waals surface area contributed by atoms with Crippen LogP contribution in [0.5, 0.6) is 0 Å². The number of allylic oxidation sites excluding steroid dienone is 1. The fourth-order valence-electron chi connectivity index (χ4n) is 8.71. The summed E-state index contributed by atoms with van der Waals surface area (Å²) < 4.78 is 0. The van der Waals surface area contributed by atoms with Crippen LogP contribution in [0.2, 0.25) is 0 Å². The van der Waals surface area contributed by atoms with Crippen molar-refractivity contribution in [2.24, 2.45) is 34.0 Å². The fraction of sp³-hybridized carbons (Fsp3) is 0.679. The Balaban J connectivity index is 1.50. The molecule has 1 N–H and O–H groups in total. The Hall–Kier alpha value is -1.41. The van der Waals surface area contributed by atoms with E-state index in [0.29, 0.717) is 17.6 Å². The van der Waals surface area contributed by atoms with Crippen LogP contribution in [0.1, 0.15) is 77.7 Å². The van der Waals surface area contributed by atoms with Gasteiger partial charge in [-0.2, -0.15) is 0 Å². The molecule has 2 nitrogen and oxygen atoms in total. The van der Waals surface area contributed by atoms with E-state index < -0.39 is 0 Å². The third kappa shape index (κ3) is 2.75. The molecule has 1 aromatic carbocycles. The smallest absolute Gasteiger partial charge is 0.136 e. The Labute approximate surface area is 182 Å². The zero-order valence-corrected chi connectivity index (χ0v) is 19.0. The molecule has 0 aliphatic heterocycles. The third-order valence-corrected chi connectivity index (χ3v) is 10.5. The number of carbonyl (C=O) groups is 1. The average Bonchev–Trinajstić information content (AvgIpc) is 3.03. The van der Waals surface area contributed by atoms with Gasteiger partial charge in [0.2, 0.25) is 0 Å². The molecule has 1 aromatic rings. The minimum absolute atomic E-state index is 0.103. The first kappa shape index (κ1) is 20.5. The fourth-order valence-corrected chi connectivity index (χ4v) is 8.71. The average molecular weight is 407 g/mol. The number of fused-ring (bicyclic) bond motifs is 5. The highest BCUT2D eigenvalue weighted by Gasteiger charge is 2.65. The van der Waals surface area contributed by atoms with Gasteiger partial charge in [-0.15, -0.1) is 0 Å². The standard InChI is InChI=1S/C28H38O2/c1-19(29)28(18-20-7-5-4-6-8-20)16-13-25-23-10-9-21-17-22(30)11-14-26(21,2)24(23)12-15-27(25,28)3/h4-9,22-25,30H,10-18H2,1-3H3/t22-,23?,24?,25?,26-,27-,28?/m0/s1. The maximum absolute atomic E-state index is 13.3. The normalized spacial score (nSPS) is 45.1. The van der Waals surface area contributed by atoms with Crippen molar-refractivity contribution in [3.63, 3.8) is 0 Å². The second kappa shape index (κ2) is 7.05. The van der Waals surface area contributed by atoms with Gasteiger partial charge in [0.25, 0.3) is 0 Å². The summed E-state index contributed by atoms with van der Waals surface area (Å²) in [4.78, 5) is 13.3. The summed E-state index contributed by atoms with van der Waals surface area (Å²) >= 11 is 0. The van der Waals surface area contributed by atoms with Crippen molar-refractivity contribution < 1.29 is 9.90 Å². The molecule has 3 saturated carbocycles. The van der Waals surface area contributed by atoms with Crippen molar-refractivity contribution in [2.45, 2.75) is 84.7 Å². The molecule has 0 bridgehead atoms. The predicted octanol–water partition coefficient (Wildman–Crippen LogP) is 6.13. The van der Waals surface area contributed by atoms with Gasteiger partial charge in [0.05, 0.1) is 6.10 Å². The molecular weight excluding hydrogens is 368 g/mol. The molecule has 3 fully saturated rings. The molecule has 162 valence electrons. The van der Waals surface area contributed by atoms with Gasteiger partial charge in [0.15, 0.2) is 0 Å². The monoisotopic (exact) mass is 406 g/mol. The summed E-state index contributed by atoms with van der Waals surface area (Å²) in [7, 11) is 0. The SMILES string of the molecule is CC(=O)C1(Cc2ccccc2)CCC2C3CC=C4C[C@@H](O)CC[C@]4(C)C3CC[C@@]21C. The lowest BCUT2D eigenvalue weighted by Gasteiger charge is -2.59. The first-order chi connectivity index (χ1) is 14.3. The molecule has 5 rings (SSSR count). The zero-order valence-electron chi connectivity index (χ0n) is 19.0. The lowest BCUT2D eigenvalue weighted by molar-refractivity contribution is -0.140. The number of benzene rings is 1. The lowest BCUT2D eigenvalue weighted by atomic mass is 9.45. The van der Waals surface area contributed by atoms with E-state index in [1.807, 2.05) is 6.92 Å². The number of Topliss-reactive ketones (excluding diaryl/α,β-unsaturated/α-hetero) is 1. The van der Waals surface area contributed by atoms with Crippen LogP contribution in [0.25, 0.3) is 0 Å². The van der Waals surface area contributed by atoms with Gasteiger partial charge in [-0.3, -0.25) is 4.79 Å². The van der Waals surface area contributed by atoms with E-state index in [2.05, 4.69) is 50.3 Å². The van der Waals surface area contributed by atoms with E-state index in [1.54, 1.807) is 0 Å². The first-order valence-corrected chi connectivity index (χ1v) is 12.2. The molecule has 4 aliphatic rings. The largest absolute Gasteiger partial charge is 0.393 e. The molecule has 0 amide bonds. The van der Waals surface area contributed by atoms with Gasteiger partial charge in [-0.1, -0.05) is 55.8 Å². The Morgan fingerprint density at radius 1 is 1.03 bits per heavy atom.